The van der Waals surface area contributed by atoms with Gasteiger partial charge in [0.25, 0.3) is 5.91 Å². The molecule has 0 unspecified atom stereocenters. The highest BCUT2D eigenvalue weighted by atomic mass is 16.1. The Morgan fingerprint density at radius 1 is 1.12 bits per heavy atom. The fourth-order valence-corrected chi connectivity index (χ4v) is 2.78. The van der Waals surface area contributed by atoms with Crippen LogP contribution in [0.5, 0.6) is 0 Å². The van der Waals surface area contributed by atoms with Crippen LogP contribution in [-0.2, 0) is 4.79 Å². The summed E-state index contributed by atoms with van der Waals surface area (Å²) < 4.78 is 0. The minimum absolute atomic E-state index is 0.100. The zero-order chi connectivity index (χ0) is 18.9. The summed E-state index contributed by atoms with van der Waals surface area (Å²) in [4.78, 5) is 14.7. The van der Waals surface area contributed by atoms with E-state index in [1.54, 1.807) is 6.08 Å². The number of rotatable bonds is 7. The van der Waals surface area contributed by atoms with E-state index in [2.05, 4.69) is 24.1 Å². The molecule has 26 heavy (non-hydrogen) atoms. The average molecular weight is 347 g/mol. The Bertz CT molecular complexity index is 784. The van der Waals surface area contributed by atoms with Gasteiger partial charge in [0, 0.05) is 18.8 Å². The molecule has 134 valence electrons. The molecule has 0 heterocycles. The maximum Gasteiger partial charge on any atom is 0.262 e. The van der Waals surface area contributed by atoms with Crippen molar-refractivity contribution in [1.82, 2.24) is 5.32 Å². The molecule has 0 saturated heterocycles. The summed E-state index contributed by atoms with van der Waals surface area (Å²) in [6.07, 6.45) is 1.62. The van der Waals surface area contributed by atoms with Gasteiger partial charge >= 0.3 is 0 Å². The van der Waals surface area contributed by atoms with Crippen LogP contribution in [-0.4, -0.2) is 19.0 Å². The molecule has 0 aliphatic carbocycles. The third-order valence-corrected chi connectivity index (χ3v) is 4.34. The van der Waals surface area contributed by atoms with Crippen LogP contribution >= 0.6 is 0 Å². The van der Waals surface area contributed by atoms with Crippen molar-refractivity contribution < 1.29 is 4.79 Å². The number of anilines is 1. The average Bonchev–Trinajstić information content (AvgIpc) is 2.68. The van der Waals surface area contributed by atoms with Crippen molar-refractivity contribution in [2.45, 2.75) is 26.8 Å². The van der Waals surface area contributed by atoms with Gasteiger partial charge in [-0.1, -0.05) is 42.5 Å². The van der Waals surface area contributed by atoms with E-state index in [0.717, 1.165) is 29.9 Å². The number of hydrogen-bond donors (Lipinski definition) is 1. The van der Waals surface area contributed by atoms with Crippen molar-refractivity contribution in [2.75, 3.05) is 18.0 Å². The van der Waals surface area contributed by atoms with Crippen molar-refractivity contribution in [1.29, 1.82) is 5.26 Å². The number of carbonyl (C=O) groups excluding carboxylic acids is 1. The maximum absolute atomic E-state index is 12.4. The van der Waals surface area contributed by atoms with Gasteiger partial charge in [0.05, 0.1) is 6.04 Å². The molecule has 2 aromatic carbocycles. The summed E-state index contributed by atoms with van der Waals surface area (Å²) in [5, 5.41) is 12.3. The lowest BCUT2D eigenvalue weighted by molar-refractivity contribution is -0.117. The van der Waals surface area contributed by atoms with E-state index in [0.29, 0.717) is 0 Å². The van der Waals surface area contributed by atoms with Crippen LogP contribution in [0.4, 0.5) is 5.69 Å². The van der Waals surface area contributed by atoms with E-state index in [1.807, 2.05) is 67.6 Å². The molecule has 0 aliphatic rings. The Kier molecular flexibility index (Phi) is 6.99. The van der Waals surface area contributed by atoms with Crippen molar-refractivity contribution in [2.24, 2.45) is 0 Å². The third-order valence-electron chi connectivity index (χ3n) is 4.34. The van der Waals surface area contributed by atoms with Gasteiger partial charge in [0.1, 0.15) is 11.6 Å². The summed E-state index contributed by atoms with van der Waals surface area (Å²) in [6, 6.07) is 19.4. The van der Waals surface area contributed by atoms with Crippen molar-refractivity contribution in [3.05, 3.63) is 71.3 Å². The van der Waals surface area contributed by atoms with Crippen LogP contribution < -0.4 is 10.2 Å². The molecule has 0 saturated carbocycles. The second-order valence-electron chi connectivity index (χ2n) is 6.04. The maximum atomic E-state index is 12.4. The minimum Gasteiger partial charge on any atom is -0.372 e. The van der Waals surface area contributed by atoms with Gasteiger partial charge in [-0.05, 0) is 50.1 Å². The highest BCUT2D eigenvalue weighted by Gasteiger charge is 2.13. The minimum atomic E-state index is -0.364. The SMILES string of the molecule is CCN(CC)c1ccc(/C=C(\C#N)C(=O)N[C@@H](C)c2ccccc2)cc1. The Hall–Kier alpha value is -3.06. The molecule has 0 radical (unpaired) electrons. The van der Waals surface area contributed by atoms with Crippen molar-refractivity contribution in [3.8, 4) is 6.07 Å². The van der Waals surface area contributed by atoms with Crippen molar-refractivity contribution >= 4 is 17.7 Å². The van der Waals surface area contributed by atoms with E-state index in [9.17, 15) is 10.1 Å². The zero-order valence-electron chi connectivity index (χ0n) is 15.6. The number of nitriles is 1. The number of amides is 1. The molecule has 0 aromatic heterocycles. The third kappa shape index (κ3) is 4.97. The van der Waals surface area contributed by atoms with Crippen LogP contribution in [0.1, 0.15) is 37.9 Å². The van der Waals surface area contributed by atoms with Gasteiger partial charge < -0.3 is 10.2 Å². The van der Waals surface area contributed by atoms with Gasteiger partial charge in [-0.15, -0.1) is 0 Å². The molecule has 2 aromatic rings. The highest BCUT2D eigenvalue weighted by molar-refractivity contribution is 6.01. The monoisotopic (exact) mass is 347 g/mol. The predicted molar refractivity (Wildman–Crippen MR) is 107 cm³/mol. The number of benzene rings is 2. The number of hydrogen-bond acceptors (Lipinski definition) is 3. The summed E-state index contributed by atoms with van der Waals surface area (Å²) in [5.74, 6) is -0.364. The molecule has 4 nitrogen and oxygen atoms in total. The van der Waals surface area contributed by atoms with Crippen molar-refractivity contribution in [3.63, 3.8) is 0 Å². The van der Waals surface area contributed by atoms with Crippen LogP contribution in [0.25, 0.3) is 6.08 Å². The van der Waals surface area contributed by atoms with Gasteiger partial charge in [0.15, 0.2) is 0 Å². The second kappa shape index (κ2) is 9.43. The Labute approximate surface area is 155 Å². The lowest BCUT2D eigenvalue weighted by Gasteiger charge is -2.20. The van der Waals surface area contributed by atoms with E-state index in [-0.39, 0.29) is 17.5 Å². The molecule has 0 aliphatic heterocycles. The standard InChI is InChI=1S/C22H25N3O/c1-4-25(5-2)21-13-11-18(12-14-21)15-20(16-23)22(26)24-17(3)19-9-7-6-8-10-19/h6-15,17H,4-5H2,1-3H3,(H,24,26)/b20-15+/t17-/m0/s1. The molecule has 1 N–H and O–H groups in total. The molecule has 0 spiro atoms. The van der Waals surface area contributed by atoms with E-state index < -0.39 is 0 Å². The summed E-state index contributed by atoms with van der Waals surface area (Å²) in [6.45, 7) is 8.01. The summed E-state index contributed by atoms with van der Waals surface area (Å²) in [7, 11) is 0. The van der Waals surface area contributed by atoms with E-state index in [4.69, 9.17) is 0 Å². The molecular weight excluding hydrogens is 322 g/mol. The molecule has 0 bridgehead atoms. The predicted octanol–water partition coefficient (Wildman–Crippen LogP) is 4.32. The number of nitrogens with zero attached hydrogens (tertiary/aromatic N) is 2. The Balaban J connectivity index is 2.11. The summed E-state index contributed by atoms with van der Waals surface area (Å²) in [5.41, 5.74) is 3.07. The first-order valence-corrected chi connectivity index (χ1v) is 8.91. The molecule has 2 rings (SSSR count). The largest absolute Gasteiger partial charge is 0.372 e. The van der Waals surface area contributed by atoms with Gasteiger partial charge in [-0.2, -0.15) is 5.26 Å². The Morgan fingerprint density at radius 3 is 2.27 bits per heavy atom. The molecule has 1 atom stereocenters. The first kappa shape index (κ1) is 19.3. The number of nitrogens with one attached hydrogen (secondary N) is 1. The summed E-state index contributed by atoms with van der Waals surface area (Å²) >= 11 is 0. The fourth-order valence-electron chi connectivity index (χ4n) is 2.78. The fraction of sp³-hybridized carbons (Fsp3) is 0.273. The molecular formula is C22H25N3O. The van der Waals surface area contributed by atoms with Gasteiger partial charge in [-0.25, -0.2) is 0 Å². The van der Waals surface area contributed by atoms with Gasteiger partial charge in [0.2, 0.25) is 0 Å². The van der Waals surface area contributed by atoms with Crippen LogP contribution in [0.3, 0.4) is 0 Å². The second-order valence-corrected chi connectivity index (χ2v) is 6.04. The first-order valence-electron chi connectivity index (χ1n) is 8.91. The van der Waals surface area contributed by atoms with Crippen LogP contribution in [0, 0.1) is 11.3 Å². The molecule has 1 amide bonds. The normalized spacial score (nSPS) is 12.2. The van der Waals surface area contributed by atoms with E-state index in [1.165, 1.54) is 0 Å². The first-order chi connectivity index (χ1) is 12.6. The van der Waals surface area contributed by atoms with Crippen LogP contribution in [0.2, 0.25) is 0 Å². The zero-order valence-corrected chi connectivity index (χ0v) is 15.6. The van der Waals surface area contributed by atoms with Gasteiger partial charge in [-0.3, -0.25) is 4.79 Å². The lowest BCUT2D eigenvalue weighted by atomic mass is 10.1. The lowest BCUT2D eigenvalue weighted by Crippen LogP contribution is -2.27. The molecule has 4 heteroatoms. The van der Waals surface area contributed by atoms with E-state index >= 15 is 0 Å². The molecule has 0 fully saturated rings. The smallest absolute Gasteiger partial charge is 0.262 e. The Morgan fingerprint density at radius 2 is 1.73 bits per heavy atom. The topological polar surface area (TPSA) is 56.1 Å². The number of carbonyl (C=O) groups is 1. The van der Waals surface area contributed by atoms with Crippen LogP contribution in [0.15, 0.2) is 60.2 Å². The highest BCUT2D eigenvalue weighted by Crippen LogP contribution is 2.17. The quantitative estimate of drug-likeness (QED) is 0.599.